The highest BCUT2D eigenvalue weighted by Gasteiger charge is 2.34. The van der Waals surface area contributed by atoms with Crippen molar-refractivity contribution >= 4 is 6.29 Å². The molecule has 1 N–H and O–H groups in total. The van der Waals surface area contributed by atoms with E-state index < -0.39 is 0 Å². The van der Waals surface area contributed by atoms with E-state index in [1.807, 2.05) is 0 Å². The van der Waals surface area contributed by atoms with Crippen molar-refractivity contribution in [3.63, 3.8) is 0 Å². The molecule has 0 spiro atoms. The quantitative estimate of drug-likeness (QED) is 0.496. The molecule has 0 radical (unpaired) electrons. The molecule has 14 heavy (non-hydrogen) atoms. The van der Waals surface area contributed by atoms with Crippen molar-refractivity contribution in [2.24, 2.45) is 0 Å². The number of nitrogens with zero attached hydrogens (tertiary/aromatic N) is 1. The fourth-order valence-corrected chi connectivity index (χ4v) is 1.91. The minimum absolute atomic E-state index is 0.119. The van der Waals surface area contributed by atoms with Gasteiger partial charge in [0.1, 0.15) is 12.9 Å². The number of hydrogen-bond donors (Lipinski definition) is 1. The van der Waals surface area contributed by atoms with E-state index in [1.54, 1.807) is 0 Å². The Kier molecular flexibility index (Phi) is 4.51. The number of aldehydes is 1. The van der Waals surface area contributed by atoms with Gasteiger partial charge in [0.15, 0.2) is 0 Å². The van der Waals surface area contributed by atoms with E-state index in [1.165, 1.54) is 0 Å². The van der Waals surface area contributed by atoms with E-state index >= 15 is 0 Å². The molecule has 4 heteroatoms. The molecule has 0 aromatic rings. The first-order valence-electron chi connectivity index (χ1n) is 5.11. The van der Waals surface area contributed by atoms with Crippen LogP contribution in [-0.4, -0.2) is 57.1 Å². The van der Waals surface area contributed by atoms with Crippen molar-refractivity contribution < 1.29 is 9.53 Å². The summed E-state index contributed by atoms with van der Waals surface area (Å²) in [5.74, 6) is 0. The summed E-state index contributed by atoms with van der Waals surface area (Å²) in [7, 11) is 4.16. The first-order chi connectivity index (χ1) is 6.71. The van der Waals surface area contributed by atoms with Crippen LogP contribution in [0.5, 0.6) is 0 Å². The number of piperidine rings is 1. The van der Waals surface area contributed by atoms with Crippen LogP contribution in [0.1, 0.15) is 12.8 Å². The van der Waals surface area contributed by atoms with Crippen molar-refractivity contribution in [3.8, 4) is 0 Å². The smallest absolute Gasteiger partial charge is 0.145 e. The van der Waals surface area contributed by atoms with Gasteiger partial charge in [0.05, 0.1) is 6.61 Å². The molecule has 82 valence electrons. The maximum absolute atomic E-state index is 10.2. The topological polar surface area (TPSA) is 41.6 Å². The monoisotopic (exact) mass is 200 g/mol. The predicted molar refractivity (Wildman–Crippen MR) is 55.4 cm³/mol. The number of carbonyl (C=O) groups excluding carboxylic acids is 1. The molecule has 0 atom stereocenters. The summed E-state index contributed by atoms with van der Waals surface area (Å²) < 4.78 is 5.35. The molecule has 0 bridgehead atoms. The molecule has 0 unspecified atom stereocenters. The minimum atomic E-state index is 0.119. The van der Waals surface area contributed by atoms with Gasteiger partial charge in [-0.25, -0.2) is 0 Å². The molecule has 0 aliphatic carbocycles. The lowest BCUT2D eigenvalue weighted by Gasteiger charge is -2.42. The van der Waals surface area contributed by atoms with E-state index in [-0.39, 0.29) is 12.1 Å². The third-order valence-electron chi connectivity index (χ3n) is 3.04. The largest absolute Gasteiger partial charge is 0.372 e. The van der Waals surface area contributed by atoms with Crippen LogP contribution in [0.25, 0.3) is 0 Å². The summed E-state index contributed by atoms with van der Waals surface area (Å²) in [5, 5.41) is 3.33. The predicted octanol–water partition coefficient (Wildman–Crippen LogP) is -0.114. The van der Waals surface area contributed by atoms with Gasteiger partial charge < -0.3 is 19.7 Å². The third-order valence-corrected chi connectivity index (χ3v) is 3.04. The van der Waals surface area contributed by atoms with Gasteiger partial charge in [-0.05, 0) is 40.0 Å². The van der Waals surface area contributed by atoms with Crippen LogP contribution >= 0.6 is 0 Å². The number of carbonyl (C=O) groups is 1. The van der Waals surface area contributed by atoms with Gasteiger partial charge in [-0.1, -0.05) is 0 Å². The highest BCUT2D eigenvalue weighted by molar-refractivity contribution is 5.50. The number of nitrogens with one attached hydrogen (secondary N) is 1. The van der Waals surface area contributed by atoms with Gasteiger partial charge in [0.2, 0.25) is 0 Å². The molecule has 1 heterocycles. The molecule has 1 aliphatic rings. The Hall–Kier alpha value is -0.450. The molecule has 1 saturated heterocycles. The van der Waals surface area contributed by atoms with Gasteiger partial charge in [0, 0.05) is 5.54 Å². The molecule has 0 aromatic carbocycles. The molecule has 1 aliphatic heterocycles. The summed E-state index contributed by atoms with van der Waals surface area (Å²) in [6.45, 7) is 2.93. The number of hydrogen-bond acceptors (Lipinski definition) is 4. The zero-order valence-corrected chi connectivity index (χ0v) is 9.08. The van der Waals surface area contributed by atoms with Crippen LogP contribution in [-0.2, 0) is 9.53 Å². The molecular weight excluding hydrogens is 180 g/mol. The fourth-order valence-electron chi connectivity index (χ4n) is 1.91. The highest BCUT2D eigenvalue weighted by Crippen LogP contribution is 2.24. The lowest BCUT2D eigenvalue weighted by molar-refractivity contribution is -0.113. The third kappa shape index (κ3) is 2.77. The molecule has 0 saturated carbocycles. The Balaban J connectivity index is 2.47. The minimum Gasteiger partial charge on any atom is -0.372 e. The first-order valence-corrected chi connectivity index (χ1v) is 5.11. The SMILES string of the molecule is CN(C)C1(COCC=O)CCNCC1. The summed E-state index contributed by atoms with van der Waals surface area (Å²) in [6.07, 6.45) is 2.97. The lowest BCUT2D eigenvalue weighted by Crippen LogP contribution is -2.54. The normalized spacial score (nSPS) is 21.1. The van der Waals surface area contributed by atoms with Crippen molar-refractivity contribution in [2.45, 2.75) is 18.4 Å². The molecule has 1 rings (SSSR count). The van der Waals surface area contributed by atoms with Crippen LogP contribution in [0.3, 0.4) is 0 Å². The Morgan fingerprint density at radius 3 is 2.57 bits per heavy atom. The summed E-state index contributed by atoms with van der Waals surface area (Å²) in [5.41, 5.74) is 0.119. The Morgan fingerprint density at radius 2 is 2.07 bits per heavy atom. The zero-order chi connectivity index (χ0) is 10.4. The second kappa shape index (κ2) is 5.44. The van der Waals surface area contributed by atoms with Crippen LogP contribution < -0.4 is 5.32 Å². The average Bonchev–Trinajstić information content (AvgIpc) is 2.19. The lowest BCUT2D eigenvalue weighted by atomic mass is 9.88. The summed E-state index contributed by atoms with van der Waals surface area (Å²) in [4.78, 5) is 12.4. The van der Waals surface area contributed by atoms with Crippen molar-refractivity contribution in [3.05, 3.63) is 0 Å². The Bertz CT molecular complexity index is 177. The second-order valence-electron chi connectivity index (χ2n) is 4.05. The molecule has 4 nitrogen and oxygen atoms in total. The van der Waals surface area contributed by atoms with Crippen LogP contribution in [0.4, 0.5) is 0 Å². The van der Waals surface area contributed by atoms with Gasteiger partial charge in [0.25, 0.3) is 0 Å². The summed E-state index contributed by atoms with van der Waals surface area (Å²) in [6, 6.07) is 0. The van der Waals surface area contributed by atoms with Crippen LogP contribution in [0, 0.1) is 0 Å². The molecular formula is C10H20N2O2. The Morgan fingerprint density at radius 1 is 1.43 bits per heavy atom. The zero-order valence-electron chi connectivity index (χ0n) is 9.08. The van der Waals surface area contributed by atoms with Crippen molar-refractivity contribution in [1.29, 1.82) is 0 Å². The van der Waals surface area contributed by atoms with Gasteiger partial charge in [-0.15, -0.1) is 0 Å². The van der Waals surface area contributed by atoms with E-state index in [0.717, 1.165) is 32.2 Å². The number of rotatable bonds is 5. The molecule has 0 amide bonds. The molecule has 1 fully saturated rings. The summed E-state index contributed by atoms with van der Waals surface area (Å²) >= 11 is 0. The average molecular weight is 200 g/mol. The van der Waals surface area contributed by atoms with E-state index in [4.69, 9.17) is 4.74 Å². The highest BCUT2D eigenvalue weighted by atomic mass is 16.5. The first kappa shape index (κ1) is 11.6. The number of likely N-dealkylation sites (N-methyl/N-ethyl adjacent to an activating group) is 1. The van der Waals surface area contributed by atoms with Crippen LogP contribution in [0.2, 0.25) is 0 Å². The fraction of sp³-hybridized carbons (Fsp3) is 0.900. The van der Waals surface area contributed by atoms with Gasteiger partial charge in [-0.3, -0.25) is 0 Å². The van der Waals surface area contributed by atoms with E-state index in [9.17, 15) is 4.79 Å². The van der Waals surface area contributed by atoms with Crippen molar-refractivity contribution in [1.82, 2.24) is 10.2 Å². The van der Waals surface area contributed by atoms with Gasteiger partial charge >= 0.3 is 0 Å². The van der Waals surface area contributed by atoms with Crippen LogP contribution in [0.15, 0.2) is 0 Å². The van der Waals surface area contributed by atoms with Gasteiger partial charge in [-0.2, -0.15) is 0 Å². The maximum Gasteiger partial charge on any atom is 0.145 e. The van der Waals surface area contributed by atoms with E-state index in [0.29, 0.717) is 6.61 Å². The Labute approximate surface area is 85.6 Å². The van der Waals surface area contributed by atoms with Crippen molar-refractivity contribution in [2.75, 3.05) is 40.4 Å². The number of ether oxygens (including phenoxy) is 1. The standard InChI is InChI=1S/C10H20N2O2/c1-12(2)10(9-14-8-7-13)3-5-11-6-4-10/h7,11H,3-6,8-9H2,1-2H3. The second-order valence-corrected chi connectivity index (χ2v) is 4.05. The molecule has 0 aromatic heterocycles. The maximum atomic E-state index is 10.2. The van der Waals surface area contributed by atoms with E-state index in [2.05, 4.69) is 24.3 Å².